The first-order valence-electron chi connectivity index (χ1n) is 11.0. The van der Waals surface area contributed by atoms with E-state index in [-0.39, 0.29) is 18.0 Å². The van der Waals surface area contributed by atoms with Gasteiger partial charge in [-0.05, 0) is 57.9 Å². The number of likely N-dealkylation sites (tertiary alicyclic amines) is 1. The van der Waals surface area contributed by atoms with Crippen LogP contribution in [0.5, 0.6) is 11.5 Å². The molecule has 3 rings (SSSR count). The lowest BCUT2D eigenvalue weighted by Gasteiger charge is -2.34. The van der Waals surface area contributed by atoms with Gasteiger partial charge in [0, 0.05) is 25.3 Å². The summed E-state index contributed by atoms with van der Waals surface area (Å²) in [6, 6.07) is 11.3. The lowest BCUT2D eigenvalue weighted by Crippen LogP contribution is -2.42. The predicted molar refractivity (Wildman–Crippen MR) is 121 cm³/mol. The van der Waals surface area contributed by atoms with Crippen molar-refractivity contribution in [1.82, 2.24) is 14.8 Å². The molecule has 0 aliphatic carbocycles. The molecule has 8 nitrogen and oxygen atoms in total. The Bertz CT molecular complexity index is 910. The third-order valence-electron chi connectivity index (χ3n) is 5.24. The summed E-state index contributed by atoms with van der Waals surface area (Å²) in [5.74, 6) is 1.16. The minimum Gasteiger partial charge on any atom is -0.493 e. The van der Waals surface area contributed by atoms with Crippen molar-refractivity contribution in [3.63, 3.8) is 0 Å². The SMILES string of the molecule is COc1ccccc1OCCNC(=O)c1cccn1C1CCN(C(=O)OC(C)(C)C)CC1. The normalized spacial score (nSPS) is 14.7. The van der Waals surface area contributed by atoms with Crippen LogP contribution in [0.3, 0.4) is 0 Å². The Hall–Kier alpha value is -3.16. The van der Waals surface area contributed by atoms with E-state index in [0.717, 1.165) is 12.8 Å². The predicted octanol–water partition coefficient (Wildman–Crippen LogP) is 3.88. The quantitative estimate of drug-likeness (QED) is 0.657. The molecule has 2 amide bonds. The van der Waals surface area contributed by atoms with Crippen molar-refractivity contribution in [3.05, 3.63) is 48.3 Å². The summed E-state index contributed by atoms with van der Waals surface area (Å²) >= 11 is 0. The lowest BCUT2D eigenvalue weighted by molar-refractivity contribution is 0.0187. The zero-order chi connectivity index (χ0) is 23.1. The second-order valence-corrected chi connectivity index (χ2v) is 8.75. The Morgan fingerprint density at radius 2 is 1.75 bits per heavy atom. The zero-order valence-electron chi connectivity index (χ0n) is 19.3. The molecule has 1 aromatic heterocycles. The molecule has 174 valence electrons. The van der Waals surface area contributed by atoms with E-state index in [1.807, 2.05) is 67.9 Å². The minimum atomic E-state index is -0.505. The Morgan fingerprint density at radius 1 is 1.06 bits per heavy atom. The van der Waals surface area contributed by atoms with Gasteiger partial charge in [0.05, 0.1) is 13.7 Å². The maximum atomic E-state index is 12.7. The van der Waals surface area contributed by atoms with Gasteiger partial charge in [-0.25, -0.2) is 4.79 Å². The highest BCUT2D eigenvalue weighted by Gasteiger charge is 2.28. The summed E-state index contributed by atoms with van der Waals surface area (Å²) in [5, 5.41) is 2.91. The van der Waals surface area contributed by atoms with Crippen LogP contribution in [0.2, 0.25) is 0 Å². The van der Waals surface area contributed by atoms with Crippen LogP contribution in [-0.2, 0) is 4.74 Å². The van der Waals surface area contributed by atoms with Crippen LogP contribution in [0.25, 0.3) is 0 Å². The fraction of sp³-hybridized carbons (Fsp3) is 0.500. The molecule has 1 N–H and O–H groups in total. The number of carbonyl (C=O) groups excluding carboxylic acids is 2. The van der Waals surface area contributed by atoms with E-state index in [0.29, 0.717) is 43.4 Å². The van der Waals surface area contributed by atoms with E-state index < -0.39 is 5.60 Å². The van der Waals surface area contributed by atoms with Crippen LogP contribution in [0, 0.1) is 0 Å². The van der Waals surface area contributed by atoms with Gasteiger partial charge in [-0.1, -0.05) is 12.1 Å². The van der Waals surface area contributed by atoms with Gasteiger partial charge >= 0.3 is 6.09 Å². The van der Waals surface area contributed by atoms with Crippen LogP contribution in [0.4, 0.5) is 4.79 Å². The van der Waals surface area contributed by atoms with E-state index in [2.05, 4.69) is 5.32 Å². The van der Waals surface area contributed by atoms with Crippen molar-refractivity contribution in [3.8, 4) is 11.5 Å². The van der Waals surface area contributed by atoms with E-state index >= 15 is 0 Å². The Balaban J connectivity index is 1.49. The summed E-state index contributed by atoms with van der Waals surface area (Å²) in [5.41, 5.74) is 0.104. The van der Waals surface area contributed by atoms with Crippen molar-refractivity contribution in [1.29, 1.82) is 0 Å². The molecule has 1 aliphatic rings. The number of hydrogen-bond acceptors (Lipinski definition) is 5. The minimum absolute atomic E-state index is 0.145. The molecule has 0 atom stereocenters. The van der Waals surface area contributed by atoms with Crippen molar-refractivity contribution in [2.24, 2.45) is 0 Å². The Morgan fingerprint density at radius 3 is 2.41 bits per heavy atom. The van der Waals surface area contributed by atoms with Crippen molar-refractivity contribution in [2.45, 2.75) is 45.3 Å². The maximum Gasteiger partial charge on any atom is 0.410 e. The number of nitrogens with zero attached hydrogens (tertiary/aromatic N) is 2. The summed E-state index contributed by atoms with van der Waals surface area (Å²) in [4.78, 5) is 26.8. The molecule has 0 bridgehead atoms. The Labute approximate surface area is 189 Å². The summed E-state index contributed by atoms with van der Waals surface area (Å²) < 4.78 is 18.4. The smallest absolute Gasteiger partial charge is 0.410 e. The number of hydrogen-bond donors (Lipinski definition) is 1. The van der Waals surface area contributed by atoms with Gasteiger partial charge in [0.25, 0.3) is 5.91 Å². The van der Waals surface area contributed by atoms with Crippen LogP contribution < -0.4 is 14.8 Å². The van der Waals surface area contributed by atoms with Crippen molar-refractivity contribution in [2.75, 3.05) is 33.4 Å². The number of para-hydroxylation sites is 2. The molecule has 0 spiro atoms. The van der Waals surface area contributed by atoms with Crippen LogP contribution in [-0.4, -0.2) is 60.4 Å². The highest BCUT2D eigenvalue weighted by atomic mass is 16.6. The summed E-state index contributed by atoms with van der Waals surface area (Å²) in [6.07, 6.45) is 3.18. The first kappa shape index (κ1) is 23.5. The lowest BCUT2D eigenvalue weighted by atomic mass is 10.0. The number of rotatable bonds is 7. The maximum absolute atomic E-state index is 12.7. The van der Waals surface area contributed by atoms with Gasteiger partial charge in [0.15, 0.2) is 11.5 Å². The van der Waals surface area contributed by atoms with Gasteiger partial charge < -0.3 is 29.0 Å². The summed E-state index contributed by atoms with van der Waals surface area (Å²) in [7, 11) is 1.59. The van der Waals surface area contributed by atoms with Crippen LogP contribution >= 0.6 is 0 Å². The number of piperidine rings is 1. The molecular formula is C24H33N3O5. The number of ether oxygens (including phenoxy) is 3. The molecule has 0 radical (unpaired) electrons. The number of methoxy groups -OCH3 is 1. The van der Waals surface area contributed by atoms with E-state index in [9.17, 15) is 9.59 Å². The molecule has 1 saturated heterocycles. The average Bonchev–Trinajstić information content (AvgIpc) is 3.26. The molecule has 0 unspecified atom stereocenters. The Kier molecular flexibility index (Phi) is 7.66. The van der Waals surface area contributed by atoms with Gasteiger partial charge in [0.2, 0.25) is 0 Å². The monoisotopic (exact) mass is 443 g/mol. The second-order valence-electron chi connectivity index (χ2n) is 8.75. The highest BCUT2D eigenvalue weighted by molar-refractivity contribution is 5.92. The van der Waals surface area contributed by atoms with Crippen molar-refractivity contribution < 1.29 is 23.8 Å². The standard InChI is InChI=1S/C24H33N3O5/c1-24(2,3)32-23(29)26-15-11-18(12-16-26)27-14-7-8-19(27)22(28)25-13-17-31-21-10-6-5-9-20(21)30-4/h5-10,14,18H,11-13,15-17H2,1-4H3,(H,25,28). The largest absolute Gasteiger partial charge is 0.493 e. The average molecular weight is 444 g/mol. The molecule has 0 saturated carbocycles. The molecular weight excluding hydrogens is 410 g/mol. The molecule has 2 heterocycles. The van der Waals surface area contributed by atoms with Crippen LogP contribution in [0.1, 0.15) is 50.1 Å². The molecule has 1 fully saturated rings. The van der Waals surface area contributed by atoms with E-state index in [1.165, 1.54) is 0 Å². The molecule has 1 aromatic carbocycles. The number of aromatic nitrogens is 1. The topological polar surface area (TPSA) is 82.0 Å². The molecule has 32 heavy (non-hydrogen) atoms. The number of carbonyl (C=O) groups is 2. The fourth-order valence-electron chi connectivity index (χ4n) is 3.71. The third kappa shape index (κ3) is 6.18. The number of nitrogens with one attached hydrogen (secondary N) is 1. The summed E-state index contributed by atoms with van der Waals surface area (Å²) in [6.45, 7) is 7.51. The third-order valence-corrected chi connectivity index (χ3v) is 5.24. The van der Waals surface area contributed by atoms with E-state index in [1.54, 1.807) is 12.0 Å². The second kappa shape index (κ2) is 10.4. The number of benzene rings is 1. The molecule has 8 heteroatoms. The van der Waals surface area contributed by atoms with Gasteiger partial charge in [-0.3, -0.25) is 4.79 Å². The zero-order valence-corrected chi connectivity index (χ0v) is 19.3. The van der Waals surface area contributed by atoms with Gasteiger partial charge in [0.1, 0.15) is 17.9 Å². The first-order chi connectivity index (χ1) is 15.3. The van der Waals surface area contributed by atoms with Crippen LogP contribution in [0.15, 0.2) is 42.6 Å². The highest BCUT2D eigenvalue weighted by Crippen LogP contribution is 2.26. The first-order valence-corrected chi connectivity index (χ1v) is 11.0. The molecule has 1 aliphatic heterocycles. The molecule has 2 aromatic rings. The van der Waals surface area contributed by atoms with Crippen molar-refractivity contribution >= 4 is 12.0 Å². The van der Waals surface area contributed by atoms with Gasteiger partial charge in [-0.15, -0.1) is 0 Å². The fourth-order valence-corrected chi connectivity index (χ4v) is 3.71. The van der Waals surface area contributed by atoms with E-state index in [4.69, 9.17) is 14.2 Å². The van der Waals surface area contributed by atoms with Gasteiger partial charge in [-0.2, -0.15) is 0 Å². The number of amides is 2.